The number of ether oxygens (including phenoxy) is 1. The molecule has 12 heteroatoms. The highest BCUT2D eigenvalue weighted by Crippen LogP contribution is 2.33. The first-order valence-electron chi connectivity index (χ1n) is 10.7. The number of nitrogens with zero attached hydrogens (tertiary/aromatic N) is 3. The van der Waals surface area contributed by atoms with E-state index in [0.717, 1.165) is 24.8 Å². The van der Waals surface area contributed by atoms with Gasteiger partial charge in [-0.1, -0.05) is 29.3 Å². The SMILES string of the molecule is O=c1[nH]ncc(N2CC[C@@H](Oc3cc(-c4ccc(S(=O)(=O)NC5CC5)cc4Cl)ccn3)C2)c1Cl. The smallest absolute Gasteiger partial charge is 0.285 e. The Morgan fingerprint density at radius 2 is 1.97 bits per heavy atom. The molecule has 0 radical (unpaired) electrons. The maximum absolute atomic E-state index is 12.5. The molecule has 0 unspecified atom stereocenters. The van der Waals surface area contributed by atoms with Crippen LogP contribution < -0.4 is 19.9 Å². The van der Waals surface area contributed by atoms with Crippen molar-refractivity contribution < 1.29 is 13.2 Å². The maximum atomic E-state index is 12.5. The van der Waals surface area contributed by atoms with E-state index in [2.05, 4.69) is 19.9 Å². The molecule has 3 heterocycles. The van der Waals surface area contributed by atoms with Gasteiger partial charge in [-0.05, 0) is 36.6 Å². The molecular formula is C22H21Cl2N5O4S. The molecule has 3 aromatic rings. The van der Waals surface area contributed by atoms with Crippen LogP contribution in [0.5, 0.6) is 5.88 Å². The van der Waals surface area contributed by atoms with Crippen LogP contribution in [0.25, 0.3) is 11.1 Å². The van der Waals surface area contributed by atoms with Gasteiger partial charge in [0, 0.05) is 41.9 Å². The van der Waals surface area contributed by atoms with Crippen molar-refractivity contribution >= 4 is 38.9 Å². The van der Waals surface area contributed by atoms with Crippen LogP contribution >= 0.6 is 23.2 Å². The summed E-state index contributed by atoms with van der Waals surface area (Å²) < 4.78 is 33.7. The van der Waals surface area contributed by atoms with Crippen molar-refractivity contribution in [2.75, 3.05) is 18.0 Å². The quantitative estimate of drug-likeness (QED) is 0.489. The summed E-state index contributed by atoms with van der Waals surface area (Å²) in [4.78, 5) is 18.1. The number of sulfonamides is 1. The van der Waals surface area contributed by atoms with E-state index >= 15 is 0 Å². The van der Waals surface area contributed by atoms with Crippen molar-refractivity contribution in [1.82, 2.24) is 19.9 Å². The third-order valence-corrected chi connectivity index (χ3v) is 7.94. The highest BCUT2D eigenvalue weighted by molar-refractivity contribution is 7.89. The molecule has 1 aliphatic carbocycles. The molecule has 178 valence electrons. The number of anilines is 1. The average Bonchev–Trinajstić information content (AvgIpc) is 3.49. The van der Waals surface area contributed by atoms with Crippen LogP contribution in [-0.2, 0) is 10.0 Å². The van der Waals surface area contributed by atoms with Gasteiger partial charge in [-0.2, -0.15) is 5.10 Å². The minimum Gasteiger partial charge on any atom is -0.472 e. The van der Waals surface area contributed by atoms with Crippen LogP contribution in [0.2, 0.25) is 10.0 Å². The molecule has 0 amide bonds. The third-order valence-electron chi connectivity index (χ3n) is 5.75. The Morgan fingerprint density at radius 3 is 2.74 bits per heavy atom. The number of hydrogen-bond donors (Lipinski definition) is 2. The van der Waals surface area contributed by atoms with Gasteiger partial charge in [0.1, 0.15) is 11.1 Å². The second-order valence-corrected chi connectivity index (χ2v) is 10.8. The van der Waals surface area contributed by atoms with E-state index in [4.69, 9.17) is 27.9 Å². The first kappa shape index (κ1) is 23.1. The van der Waals surface area contributed by atoms with E-state index in [1.165, 1.54) is 12.3 Å². The molecule has 2 aromatic heterocycles. The van der Waals surface area contributed by atoms with Crippen molar-refractivity contribution in [2.24, 2.45) is 0 Å². The topological polar surface area (TPSA) is 117 Å². The minimum absolute atomic E-state index is 0.0183. The summed E-state index contributed by atoms with van der Waals surface area (Å²) in [6.07, 6.45) is 5.42. The summed E-state index contributed by atoms with van der Waals surface area (Å²) in [6, 6.07) is 8.25. The van der Waals surface area contributed by atoms with Crippen molar-refractivity contribution in [3.63, 3.8) is 0 Å². The molecule has 1 aliphatic heterocycles. The summed E-state index contributed by atoms with van der Waals surface area (Å²) in [7, 11) is -3.59. The normalized spacial score (nSPS) is 18.3. The van der Waals surface area contributed by atoms with Crippen molar-refractivity contribution in [2.45, 2.75) is 36.3 Å². The summed E-state index contributed by atoms with van der Waals surface area (Å²) in [6.45, 7) is 1.18. The van der Waals surface area contributed by atoms with Gasteiger partial charge in [0.2, 0.25) is 15.9 Å². The Bertz CT molecular complexity index is 1390. The Balaban J connectivity index is 1.30. The number of benzene rings is 1. The molecule has 0 bridgehead atoms. The van der Waals surface area contributed by atoms with E-state index in [0.29, 0.717) is 35.2 Å². The summed E-state index contributed by atoms with van der Waals surface area (Å²) in [5.41, 5.74) is 1.56. The van der Waals surface area contributed by atoms with Crippen molar-refractivity contribution in [1.29, 1.82) is 0 Å². The fourth-order valence-electron chi connectivity index (χ4n) is 3.84. The Morgan fingerprint density at radius 1 is 1.15 bits per heavy atom. The molecule has 0 spiro atoms. The highest BCUT2D eigenvalue weighted by Gasteiger charge is 2.29. The first-order chi connectivity index (χ1) is 16.3. The van der Waals surface area contributed by atoms with Gasteiger partial charge in [-0.3, -0.25) is 4.79 Å². The predicted octanol–water partition coefficient (Wildman–Crippen LogP) is 3.24. The maximum Gasteiger partial charge on any atom is 0.285 e. The second-order valence-electron chi connectivity index (χ2n) is 8.29. The minimum atomic E-state index is -3.59. The fourth-order valence-corrected chi connectivity index (χ4v) is 5.73. The van der Waals surface area contributed by atoms with Crippen LogP contribution in [-0.4, -0.2) is 48.8 Å². The number of aromatic amines is 1. The van der Waals surface area contributed by atoms with Gasteiger partial charge < -0.3 is 9.64 Å². The number of rotatable bonds is 7. The van der Waals surface area contributed by atoms with E-state index < -0.39 is 15.6 Å². The van der Waals surface area contributed by atoms with Gasteiger partial charge >= 0.3 is 0 Å². The number of pyridine rings is 1. The zero-order chi connectivity index (χ0) is 23.9. The Hall–Kier alpha value is -2.66. The third kappa shape index (κ3) is 4.90. The fraction of sp³-hybridized carbons (Fsp3) is 0.318. The van der Waals surface area contributed by atoms with E-state index in [1.807, 2.05) is 4.90 Å². The molecule has 1 aromatic carbocycles. The average molecular weight is 522 g/mol. The lowest BCUT2D eigenvalue weighted by Crippen LogP contribution is -2.26. The number of hydrogen-bond acceptors (Lipinski definition) is 7. The molecule has 2 fully saturated rings. The van der Waals surface area contributed by atoms with Crippen molar-refractivity contribution in [3.8, 4) is 17.0 Å². The molecule has 2 aliphatic rings. The van der Waals surface area contributed by atoms with Crippen LogP contribution in [0, 0.1) is 0 Å². The summed E-state index contributed by atoms with van der Waals surface area (Å²) in [5.74, 6) is 0.419. The van der Waals surface area contributed by atoms with Crippen LogP contribution in [0.3, 0.4) is 0 Å². The van der Waals surface area contributed by atoms with Crippen LogP contribution in [0.1, 0.15) is 19.3 Å². The number of H-pyrrole nitrogens is 1. The molecule has 1 atom stereocenters. The Kier molecular flexibility index (Phi) is 6.24. The Labute approximate surface area is 206 Å². The number of nitrogens with one attached hydrogen (secondary N) is 2. The van der Waals surface area contributed by atoms with Crippen LogP contribution in [0.4, 0.5) is 5.69 Å². The molecule has 34 heavy (non-hydrogen) atoms. The summed E-state index contributed by atoms with van der Waals surface area (Å²) >= 11 is 12.6. The van der Waals surface area contributed by atoms with Gasteiger partial charge in [-0.25, -0.2) is 23.2 Å². The lowest BCUT2D eigenvalue weighted by atomic mass is 10.1. The predicted molar refractivity (Wildman–Crippen MR) is 129 cm³/mol. The zero-order valence-electron chi connectivity index (χ0n) is 17.9. The first-order valence-corrected chi connectivity index (χ1v) is 13.0. The zero-order valence-corrected chi connectivity index (χ0v) is 20.2. The van der Waals surface area contributed by atoms with E-state index in [-0.39, 0.29) is 22.1 Å². The standard InChI is InChI=1S/C22H21Cl2N5O4S/c23-18-10-16(34(31,32)28-14-1-2-14)3-4-17(18)13-5-7-25-20(9-13)33-15-6-8-29(12-15)19-11-26-27-22(30)21(19)24/h3-5,7,9-11,14-15,28H,1-2,6,8,12H2,(H,27,30)/t15-/m1/s1. The summed E-state index contributed by atoms with van der Waals surface area (Å²) in [5, 5.41) is 6.55. The van der Waals surface area contributed by atoms with E-state index in [9.17, 15) is 13.2 Å². The number of aromatic nitrogens is 3. The monoisotopic (exact) mass is 521 g/mol. The largest absolute Gasteiger partial charge is 0.472 e. The van der Waals surface area contributed by atoms with Gasteiger partial charge in [-0.15, -0.1) is 0 Å². The second kappa shape index (κ2) is 9.18. The molecule has 5 rings (SSSR count). The lowest BCUT2D eigenvalue weighted by molar-refractivity contribution is 0.216. The van der Waals surface area contributed by atoms with Gasteiger partial charge in [0.25, 0.3) is 5.56 Å². The highest BCUT2D eigenvalue weighted by atomic mass is 35.5. The molecule has 1 saturated carbocycles. The van der Waals surface area contributed by atoms with Gasteiger partial charge in [0.05, 0.1) is 23.3 Å². The molecule has 9 nitrogen and oxygen atoms in total. The van der Waals surface area contributed by atoms with Gasteiger partial charge in [0.15, 0.2) is 0 Å². The van der Waals surface area contributed by atoms with Crippen molar-refractivity contribution in [3.05, 3.63) is 63.1 Å². The van der Waals surface area contributed by atoms with E-state index in [1.54, 1.807) is 30.5 Å². The van der Waals surface area contributed by atoms with Crippen LogP contribution in [0.15, 0.2) is 52.4 Å². The number of halogens is 2. The molecule has 2 N–H and O–H groups in total. The molecular weight excluding hydrogens is 501 g/mol. The molecule has 1 saturated heterocycles. The lowest BCUT2D eigenvalue weighted by Gasteiger charge is -2.19.